The highest BCUT2D eigenvalue weighted by Crippen LogP contribution is 2.69. The number of amides is 1. The van der Waals surface area contributed by atoms with Crippen LogP contribution >= 0.6 is 0 Å². The number of allylic oxidation sites excluding steroid dienone is 2. The smallest absolute Gasteiger partial charge is 0.322 e. The molecule has 4 rings (SSSR count). The Hall–Kier alpha value is -1.97. The first-order chi connectivity index (χ1) is 25.3. The summed E-state index contributed by atoms with van der Waals surface area (Å²) in [6.45, 7) is 6.50. The van der Waals surface area contributed by atoms with Gasteiger partial charge in [-0.3, -0.25) is 14.4 Å². The molecule has 0 aromatic heterocycles. The summed E-state index contributed by atoms with van der Waals surface area (Å²) in [5.74, 6) is -0.285. The third-order valence-electron chi connectivity index (χ3n) is 15.2. The van der Waals surface area contributed by atoms with Crippen molar-refractivity contribution in [2.45, 2.75) is 187 Å². The lowest BCUT2D eigenvalue weighted by Gasteiger charge is -2.65. The van der Waals surface area contributed by atoms with Gasteiger partial charge in [0.2, 0.25) is 5.91 Å². The molecule has 12 atom stereocenters. The van der Waals surface area contributed by atoms with Crippen LogP contribution in [0.5, 0.6) is 0 Å². The molecule has 0 radical (unpaired) electrons. The largest absolute Gasteiger partial charge is 0.481 e. The monoisotopic (exact) mass is 746 g/mol. The number of carboxylic acids is 2. The van der Waals surface area contributed by atoms with Crippen LogP contribution in [0.3, 0.4) is 0 Å². The molecule has 2 unspecified atom stereocenters. The molecule has 0 aromatic carbocycles. The maximum absolute atomic E-state index is 12.3. The van der Waals surface area contributed by atoms with E-state index >= 15 is 0 Å². The molecule has 0 bridgehead atoms. The number of aliphatic hydroxyl groups is 3. The van der Waals surface area contributed by atoms with Gasteiger partial charge < -0.3 is 30.8 Å². The maximum Gasteiger partial charge on any atom is 0.322 e. The van der Waals surface area contributed by atoms with Crippen molar-refractivity contribution in [2.75, 3.05) is 6.54 Å². The van der Waals surface area contributed by atoms with Gasteiger partial charge in [0.1, 0.15) is 6.54 Å². The normalized spacial score (nSPS) is 35.7. The van der Waals surface area contributed by atoms with Crippen molar-refractivity contribution in [2.24, 2.45) is 52.3 Å². The standard InChI is InChI=1S/C44H75NO8/c1-30(21-24-39(49)45-29-41(52)53)34-22-23-35-42-36(28-38(48)44(34,35)3)43(2)31(25-33(46)26-32(43)27-37(42)47)19-17-15-13-11-9-7-5-4-6-8-10-12-14-16-18-20-40(50)51/h4,6,30-38,42,46-48H,5,7-29H2,1-3H3,(H,45,49)(H,50,51)(H,52,53)/t30-,31?,32?,33-,34-,35+,36+,37-,38+,42+,43+,44-/m1/s1. The van der Waals surface area contributed by atoms with Gasteiger partial charge in [0.25, 0.3) is 0 Å². The summed E-state index contributed by atoms with van der Waals surface area (Å²) >= 11 is 0. The maximum atomic E-state index is 12.3. The predicted octanol–water partition coefficient (Wildman–Crippen LogP) is 8.28. The van der Waals surface area contributed by atoms with Gasteiger partial charge in [-0.15, -0.1) is 0 Å². The number of carboxylic acid groups (broad SMARTS) is 2. The summed E-state index contributed by atoms with van der Waals surface area (Å²) in [7, 11) is 0. The van der Waals surface area contributed by atoms with Gasteiger partial charge in [-0.05, 0) is 136 Å². The van der Waals surface area contributed by atoms with E-state index in [2.05, 4.69) is 38.2 Å². The van der Waals surface area contributed by atoms with Gasteiger partial charge >= 0.3 is 11.9 Å². The van der Waals surface area contributed by atoms with Crippen LogP contribution in [-0.4, -0.2) is 68.2 Å². The van der Waals surface area contributed by atoms with E-state index in [1.54, 1.807) is 0 Å². The second-order valence-electron chi connectivity index (χ2n) is 18.3. The number of unbranched alkanes of at least 4 members (excludes halogenated alkanes) is 11. The highest BCUT2D eigenvalue weighted by Gasteiger charge is 2.67. The van der Waals surface area contributed by atoms with Crippen molar-refractivity contribution >= 4 is 17.8 Å². The van der Waals surface area contributed by atoms with Crippen LogP contribution < -0.4 is 5.32 Å². The van der Waals surface area contributed by atoms with E-state index in [0.29, 0.717) is 25.2 Å². The molecule has 0 heterocycles. The minimum absolute atomic E-state index is 0.00987. The van der Waals surface area contributed by atoms with Crippen molar-refractivity contribution in [1.82, 2.24) is 5.32 Å². The Morgan fingerprint density at radius 3 is 1.98 bits per heavy atom. The Morgan fingerprint density at radius 2 is 1.34 bits per heavy atom. The third kappa shape index (κ3) is 11.3. The van der Waals surface area contributed by atoms with Crippen LogP contribution in [0.15, 0.2) is 12.2 Å². The second-order valence-corrected chi connectivity index (χ2v) is 18.3. The number of hydrogen-bond acceptors (Lipinski definition) is 6. The first-order valence-electron chi connectivity index (χ1n) is 21.7. The summed E-state index contributed by atoms with van der Waals surface area (Å²) in [4.78, 5) is 33.8. The average molecular weight is 746 g/mol. The molecule has 4 aliphatic carbocycles. The summed E-state index contributed by atoms with van der Waals surface area (Å²) in [6, 6.07) is 0. The zero-order chi connectivity index (χ0) is 38.6. The molecule has 0 spiro atoms. The number of fused-ring (bicyclic) bond motifs is 5. The summed E-state index contributed by atoms with van der Waals surface area (Å²) in [5.41, 5.74) is -0.336. The Morgan fingerprint density at radius 1 is 0.717 bits per heavy atom. The Balaban J connectivity index is 1.23. The summed E-state index contributed by atoms with van der Waals surface area (Å²) in [5, 5.41) is 55.1. The topological polar surface area (TPSA) is 164 Å². The van der Waals surface area contributed by atoms with Crippen LogP contribution in [0.4, 0.5) is 0 Å². The molecule has 53 heavy (non-hydrogen) atoms. The van der Waals surface area contributed by atoms with E-state index in [1.165, 1.54) is 51.4 Å². The van der Waals surface area contributed by atoms with Crippen LogP contribution in [0, 0.1) is 52.3 Å². The Bertz CT molecular complexity index is 1190. The van der Waals surface area contributed by atoms with Crippen molar-refractivity contribution in [1.29, 1.82) is 0 Å². The van der Waals surface area contributed by atoms with Crippen molar-refractivity contribution in [3.05, 3.63) is 12.2 Å². The molecule has 304 valence electrons. The van der Waals surface area contributed by atoms with Crippen LogP contribution in [0.1, 0.15) is 168 Å². The quantitative estimate of drug-likeness (QED) is 0.0449. The molecule has 6 N–H and O–H groups in total. The van der Waals surface area contributed by atoms with Gasteiger partial charge in [-0.2, -0.15) is 0 Å². The fourth-order valence-electron chi connectivity index (χ4n) is 12.3. The highest BCUT2D eigenvalue weighted by molar-refractivity contribution is 5.81. The molecule has 0 aliphatic heterocycles. The molecule has 4 saturated carbocycles. The number of carbonyl (C=O) groups excluding carboxylic acids is 1. The van der Waals surface area contributed by atoms with Crippen LogP contribution in [0.2, 0.25) is 0 Å². The van der Waals surface area contributed by atoms with E-state index in [-0.39, 0.29) is 71.3 Å². The number of rotatable bonds is 23. The molecule has 0 aromatic rings. The number of nitrogens with one attached hydrogen (secondary N) is 1. The summed E-state index contributed by atoms with van der Waals surface area (Å²) < 4.78 is 0. The molecule has 9 heteroatoms. The molecule has 4 fully saturated rings. The minimum atomic E-state index is -1.05. The van der Waals surface area contributed by atoms with Crippen molar-refractivity contribution in [3.63, 3.8) is 0 Å². The number of aliphatic hydroxyl groups excluding tert-OH is 3. The van der Waals surface area contributed by atoms with Gasteiger partial charge in [-0.25, -0.2) is 0 Å². The fourth-order valence-corrected chi connectivity index (χ4v) is 12.3. The number of carbonyl (C=O) groups is 3. The zero-order valence-electron chi connectivity index (χ0n) is 33.4. The lowest BCUT2D eigenvalue weighted by Crippen LogP contribution is -2.64. The van der Waals surface area contributed by atoms with Gasteiger partial charge in [0, 0.05) is 12.8 Å². The lowest BCUT2D eigenvalue weighted by molar-refractivity contribution is -0.223. The van der Waals surface area contributed by atoms with Gasteiger partial charge in [-0.1, -0.05) is 84.3 Å². The molecule has 1 amide bonds. The Kier molecular flexibility index (Phi) is 17.2. The number of hydrogen-bond donors (Lipinski definition) is 6. The molecular formula is C44H75NO8. The van der Waals surface area contributed by atoms with Crippen molar-refractivity contribution in [3.8, 4) is 0 Å². The summed E-state index contributed by atoms with van der Waals surface area (Å²) in [6.07, 6.45) is 25.6. The third-order valence-corrected chi connectivity index (χ3v) is 15.2. The SMILES string of the molecule is C[C@H](CCC(=O)NCC(=O)O)[C@H]1CC[C@H]2[C@@H]3[C@H](O)CC4C[C@H](O)CC(CCCCCCCCC=CCCCCCCCC(=O)O)[C@]4(C)[C@H]3C[C@H](O)[C@]12C. The van der Waals surface area contributed by atoms with E-state index in [1.807, 2.05) is 0 Å². The van der Waals surface area contributed by atoms with E-state index < -0.39 is 24.1 Å². The molecule has 0 saturated heterocycles. The second kappa shape index (κ2) is 20.8. The minimum Gasteiger partial charge on any atom is -0.481 e. The molecular weight excluding hydrogens is 670 g/mol. The van der Waals surface area contributed by atoms with Crippen molar-refractivity contribution < 1.29 is 39.9 Å². The molecule has 4 aliphatic rings. The lowest BCUT2D eigenvalue weighted by atomic mass is 9.40. The van der Waals surface area contributed by atoms with E-state index in [0.717, 1.165) is 70.6 Å². The van der Waals surface area contributed by atoms with Gasteiger partial charge in [0.05, 0.1) is 18.3 Å². The zero-order valence-corrected chi connectivity index (χ0v) is 33.4. The first-order valence-corrected chi connectivity index (χ1v) is 21.7. The van der Waals surface area contributed by atoms with E-state index in [4.69, 9.17) is 10.2 Å². The van der Waals surface area contributed by atoms with E-state index in [9.17, 15) is 29.7 Å². The number of aliphatic carboxylic acids is 2. The van der Waals surface area contributed by atoms with Crippen LogP contribution in [-0.2, 0) is 14.4 Å². The fraction of sp³-hybridized carbons (Fsp3) is 0.886. The highest BCUT2D eigenvalue weighted by atomic mass is 16.4. The Labute approximate surface area is 320 Å². The predicted molar refractivity (Wildman–Crippen MR) is 208 cm³/mol. The van der Waals surface area contributed by atoms with Gasteiger partial charge in [0.15, 0.2) is 0 Å². The first kappa shape index (κ1) is 43.8. The molecule has 9 nitrogen and oxygen atoms in total. The average Bonchev–Trinajstić information content (AvgIpc) is 3.47. The van der Waals surface area contributed by atoms with Crippen LogP contribution in [0.25, 0.3) is 0 Å².